The lowest BCUT2D eigenvalue weighted by molar-refractivity contribution is -0.133. The van der Waals surface area contributed by atoms with Gasteiger partial charge in [0.15, 0.2) is 0 Å². The maximum Gasteiger partial charge on any atom is 0.236 e. The summed E-state index contributed by atoms with van der Waals surface area (Å²) in [6, 6.07) is 4.45. The van der Waals surface area contributed by atoms with Crippen molar-refractivity contribution in [1.29, 1.82) is 10.5 Å². The normalized spacial score (nSPS) is 20.1. The minimum absolute atomic E-state index is 0.0203. The Bertz CT molecular complexity index is 379. The molecular formula is C14H23N5O. The zero-order valence-electron chi connectivity index (χ0n) is 12.4. The molecule has 0 aliphatic carbocycles. The minimum atomic E-state index is 0.0203. The first-order valence-electron chi connectivity index (χ1n) is 7.02. The van der Waals surface area contributed by atoms with Crippen LogP contribution in [0.2, 0.25) is 0 Å². The summed E-state index contributed by atoms with van der Waals surface area (Å²) in [7, 11) is 2.09. The molecule has 0 spiro atoms. The van der Waals surface area contributed by atoms with Crippen molar-refractivity contribution in [3.63, 3.8) is 0 Å². The third kappa shape index (κ3) is 5.16. The van der Waals surface area contributed by atoms with Crippen LogP contribution in [0.4, 0.5) is 0 Å². The van der Waals surface area contributed by atoms with E-state index in [1.165, 1.54) is 0 Å². The maximum absolute atomic E-state index is 12.3. The van der Waals surface area contributed by atoms with E-state index >= 15 is 0 Å². The van der Waals surface area contributed by atoms with Crippen molar-refractivity contribution in [2.24, 2.45) is 0 Å². The van der Waals surface area contributed by atoms with Crippen molar-refractivity contribution in [3.05, 3.63) is 0 Å². The number of carbonyl (C=O) groups excluding carboxylic acids is 1. The molecule has 1 rings (SSSR count). The standard InChI is InChI=1S/C14H23N5O/c1-13-11-17(2)9-10-19(13)12-14(20)18(7-3-5-15)8-4-6-16/h13H,3-4,7-12H2,1-2H3/t13-/m1/s1. The van der Waals surface area contributed by atoms with E-state index in [2.05, 4.69) is 35.9 Å². The molecule has 0 aromatic rings. The Morgan fingerprint density at radius 3 is 2.35 bits per heavy atom. The topological polar surface area (TPSA) is 74.4 Å². The van der Waals surface area contributed by atoms with E-state index in [-0.39, 0.29) is 5.91 Å². The van der Waals surface area contributed by atoms with Gasteiger partial charge in [-0.3, -0.25) is 9.69 Å². The van der Waals surface area contributed by atoms with E-state index < -0.39 is 0 Å². The molecule has 1 aliphatic rings. The minimum Gasteiger partial charge on any atom is -0.340 e. The van der Waals surface area contributed by atoms with Gasteiger partial charge in [-0.15, -0.1) is 0 Å². The third-order valence-electron chi connectivity index (χ3n) is 3.65. The van der Waals surface area contributed by atoms with Crippen molar-refractivity contribution in [1.82, 2.24) is 14.7 Å². The number of piperazine rings is 1. The van der Waals surface area contributed by atoms with E-state index in [1.807, 2.05) is 0 Å². The fourth-order valence-corrected chi connectivity index (χ4v) is 2.42. The van der Waals surface area contributed by atoms with Crippen LogP contribution in [0.5, 0.6) is 0 Å². The SMILES string of the molecule is C[C@@H]1CN(C)CCN1CC(=O)N(CCC#N)CCC#N. The highest BCUT2D eigenvalue weighted by atomic mass is 16.2. The molecule has 0 aromatic carbocycles. The number of nitriles is 2. The zero-order valence-corrected chi connectivity index (χ0v) is 12.4. The molecule has 6 heteroatoms. The Labute approximate surface area is 121 Å². The summed E-state index contributed by atoms with van der Waals surface area (Å²) in [4.78, 5) is 18.4. The van der Waals surface area contributed by atoms with Gasteiger partial charge in [-0.05, 0) is 14.0 Å². The summed E-state index contributed by atoms with van der Waals surface area (Å²) < 4.78 is 0. The summed E-state index contributed by atoms with van der Waals surface area (Å²) in [6.45, 7) is 6.15. The summed E-state index contributed by atoms with van der Waals surface area (Å²) in [5.74, 6) is 0.0203. The second-order valence-corrected chi connectivity index (χ2v) is 5.28. The molecule has 1 fully saturated rings. The highest BCUT2D eigenvalue weighted by Crippen LogP contribution is 2.08. The van der Waals surface area contributed by atoms with Crippen LogP contribution in [0, 0.1) is 22.7 Å². The molecule has 0 saturated carbocycles. The van der Waals surface area contributed by atoms with Crippen molar-refractivity contribution < 1.29 is 4.79 Å². The predicted octanol–water partition coefficient (Wildman–Crippen LogP) is 0.278. The van der Waals surface area contributed by atoms with Gasteiger partial charge < -0.3 is 9.80 Å². The Hall–Kier alpha value is -1.63. The molecule has 20 heavy (non-hydrogen) atoms. The quantitative estimate of drug-likeness (QED) is 0.697. The average Bonchev–Trinajstić information content (AvgIpc) is 2.42. The van der Waals surface area contributed by atoms with Crippen LogP contribution >= 0.6 is 0 Å². The van der Waals surface area contributed by atoms with Gasteiger partial charge in [0.25, 0.3) is 0 Å². The van der Waals surface area contributed by atoms with Gasteiger partial charge in [-0.2, -0.15) is 10.5 Å². The first kappa shape index (κ1) is 16.4. The fourth-order valence-electron chi connectivity index (χ4n) is 2.42. The maximum atomic E-state index is 12.3. The largest absolute Gasteiger partial charge is 0.340 e. The van der Waals surface area contributed by atoms with Gasteiger partial charge in [-0.25, -0.2) is 0 Å². The Balaban J connectivity index is 2.52. The number of likely N-dealkylation sites (N-methyl/N-ethyl adjacent to an activating group) is 1. The second kappa shape index (κ2) is 8.52. The van der Waals surface area contributed by atoms with Gasteiger partial charge in [0, 0.05) is 38.8 Å². The summed E-state index contributed by atoms with van der Waals surface area (Å²) in [6.07, 6.45) is 0.630. The first-order chi connectivity index (χ1) is 9.58. The summed E-state index contributed by atoms with van der Waals surface area (Å²) in [5.41, 5.74) is 0. The lowest BCUT2D eigenvalue weighted by atomic mass is 10.2. The van der Waals surface area contributed by atoms with Gasteiger partial charge in [0.05, 0.1) is 31.5 Å². The van der Waals surface area contributed by atoms with E-state index in [4.69, 9.17) is 10.5 Å². The second-order valence-electron chi connectivity index (χ2n) is 5.28. The first-order valence-corrected chi connectivity index (χ1v) is 7.02. The van der Waals surface area contributed by atoms with Gasteiger partial charge >= 0.3 is 0 Å². The van der Waals surface area contributed by atoms with Gasteiger partial charge in [0.1, 0.15) is 0 Å². The molecule has 0 unspecified atom stereocenters. The molecule has 1 amide bonds. The number of carbonyl (C=O) groups is 1. The molecule has 0 N–H and O–H groups in total. The van der Waals surface area contributed by atoms with Crippen LogP contribution in [0.1, 0.15) is 19.8 Å². The summed E-state index contributed by atoms with van der Waals surface area (Å²) in [5, 5.41) is 17.3. The van der Waals surface area contributed by atoms with Crippen molar-refractivity contribution in [2.75, 3.05) is 46.3 Å². The van der Waals surface area contributed by atoms with E-state index in [1.54, 1.807) is 4.90 Å². The number of hydrogen-bond acceptors (Lipinski definition) is 5. The van der Waals surface area contributed by atoms with Crippen molar-refractivity contribution >= 4 is 5.91 Å². The molecule has 6 nitrogen and oxygen atoms in total. The van der Waals surface area contributed by atoms with E-state index in [0.29, 0.717) is 38.5 Å². The van der Waals surface area contributed by atoms with Crippen molar-refractivity contribution in [3.8, 4) is 12.1 Å². The fraction of sp³-hybridized carbons (Fsp3) is 0.786. The van der Waals surface area contributed by atoms with Crippen LogP contribution in [-0.2, 0) is 4.79 Å². The average molecular weight is 277 g/mol. The molecular weight excluding hydrogens is 254 g/mol. The molecule has 1 aliphatic heterocycles. The highest BCUT2D eigenvalue weighted by molar-refractivity contribution is 5.78. The van der Waals surface area contributed by atoms with E-state index in [0.717, 1.165) is 19.6 Å². The van der Waals surface area contributed by atoms with Crippen LogP contribution in [0.25, 0.3) is 0 Å². The smallest absolute Gasteiger partial charge is 0.236 e. The number of rotatable bonds is 6. The Morgan fingerprint density at radius 1 is 1.25 bits per heavy atom. The molecule has 1 atom stereocenters. The zero-order chi connectivity index (χ0) is 15.0. The highest BCUT2D eigenvalue weighted by Gasteiger charge is 2.25. The summed E-state index contributed by atoms with van der Waals surface area (Å²) >= 11 is 0. The predicted molar refractivity (Wildman–Crippen MR) is 75.6 cm³/mol. The number of amides is 1. The lowest BCUT2D eigenvalue weighted by Gasteiger charge is -2.38. The van der Waals surface area contributed by atoms with Crippen molar-refractivity contribution in [2.45, 2.75) is 25.8 Å². The third-order valence-corrected chi connectivity index (χ3v) is 3.65. The Morgan fingerprint density at radius 2 is 1.85 bits per heavy atom. The monoisotopic (exact) mass is 277 g/mol. The number of nitrogens with zero attached hydrogens (tertiary/aromatic N) is 5. The molecule has 0 aromatic heterocycles. The van der Waals surface area contributed by atoms with Gasteiger partial charge in [-0.1, -0.05) is 0 Å². The van der Waals surface area contributed by atoms with Crippen LogP contribution < -0.4 is 0 Å². The molecule has 0 radical (unpaired) electrons. The number of hydrogen-bond donors (Lipinski definition) is 0. The molecule has 1 heterocycles. The lowest BCUT2D eigenvalue weighted by Crippen LogP contribution is -2.53. The molecule has 0 bridgehead atoms. The Kier molecular flexibility index (Phi) is 7.00. The van der Waals surface area contributed by atoms with Gasteiger partial charge in [0.2, 0.25) is 5.91 Å². The molecule has 1 saturated heterocycles. The van der Waals surface area contributed by atoms with Crippen LogP contribution in [-0.4, -0.2) is 73.0 Å². The van der Waals surface area contributed by atoms with E-state index in [9.17, 15) is 4.79 Å². The van der Waals surface area contributed by atoms with Crippen LogP contribution in [0.3, 0.4) is 0 Å². The van der Waals surface area contributed by atoms with Crippen LogP contribution in [0.15, 0.2) is 0 Å². The molecule has 110 valence electrons.